The zero-order chi connectivity index (χ0) is 18.1. The van der Waals surface area contributed by atoms with Gasteiger partial charge in [-0.1, -0.05) is 0 Å². The van der Waals surface area contributed by atoms with Crippen LogP contribution in [0.5, 0.6) is 0 Å². The Balaban J connectivity index is 1.43. The minimum atomic E-state index is -0.321. The predicted molar refractivity (Wildman–Crippen MR) is 100 cm³/mol. The van der Waals surface area contributed by atoms with Gasteiger partial charge in [0.1, 0.15) is 5.82 Å². The minimum absolute atomic E-state index is 0.0409. The number of benzene rings is 1. The predicted octanol–water partition coefficient (Wildman–Crippen LogP) is 3.87. The van der Waals surface area contributed by atoms with Gasteiger partial charge in [0, 0.05) is 29.6 Å². The number of amides is 2. The lowest BCUT2D eigenvalue weighted by molar-refractivity contribution is -0.120. The van der Waals surface area contributed by atoms with Crippen molar-refractivity contribution in [3.63, 3.8) is 0 Å². The molecule has 0 spiro atoms. The molecule has 2 aromatic rings. The van der Waals surface area contributed by atoms with E-state index in [1.165, 1.54) is 17.0 Å². The van der Waals surface area contributed by atoms with Crippen molar-refractivity contribution in [1.82, 2.24) is 4.90 Å². The van der Waals surface area contributed by atoms with Gasteiger partial charge in [-0.25, -0.2) is 4.39 Å². The zero-order valence-electron chi connectivity index (χ0n) is 14.5. The highest BCUT2D eigenvalue weighted by molar-refractivity contribution is 7.14. The van der Waals surface area contributed by atoms with Crippen LogP contribution in [0.2, 0.25) is 0 Å². The third-order valence-electron chi connectivity index (χ3n) is 5.17. The fourth-order valence-electron chi connectivity index (χ4n) is 3.71. The Kier molecular flexibility index (Phi) is 4.76. The van der Waals surface area contributed by atoms with Gasteiger partial charge in [0.25, 0.3) is 5.91 Å². The van der Waals surface area contributed by atoms with E-state index in [2.05, 4.69) is 5.32 Å². The van der Waals surface area contributed by atoms with E-state index in [0.29, 0.717) is 12.1 Å². The van der Waals surface area contributed by atoms with Crippen molar-refractivity contribution >= 4 is 28.8 Å². The molecule has 1 aromatic heterocycles. The molecule has 0 bridgehead atoms. The Morgan fingerprint density at radius 3 is 2.62 bits per heavy atom. The lowest BCUT2D eigenvalue weighted by atomic mass is 9.87. The maximum atomic E-state index is 13.0. The van der Waals surface area contributed by atoms with Crippen LogP contribution in [0.15, 0.2) is 30.3 Å². The first-order valence-corrected chi connectivity index (χ1v) is 9.89. The highest BCUT2D eigenvalue weighted by Crippen LogP contribution is 2.34. The van der Waals surface area contributed by atoms with Gasteiger partial charge in [-0.2, -0.15) is 0 Å². The number of hydrogen-bond acceptors (Lipinski definition) is 3. The second-order valence-electron chi connectivity index (χ2n) is 6.99. The van der Waals surface area contributed by atoms with Crippen LogP contribution in [0.3, 0.4) is 0 Å². The summed E-state index contributed by atoms with van der Waals surface area (Å²) in [6.07, 6.45) is 4.43. The molecule has 6 heteroatoms. The maximum absolute atomic E-state index is 13.0. The molecule has 1 aliphatic heterocycles. The van der Waals surface area contributed by atoms with E-state index < -0.39 is 0 Å². The van der Waals surface area contributed by atoms with E-state index in [9.17, 15) is 14.0 Å². The molecule has 2 amide bonds. The van der Waals surface area contributed by atoms with Gasteiger partial charge in [0.2, 0.25) is 5.91 Å². The number of likely N-dealkylation sites (tertiary alicyclic amines) is 1. The number of aryl methyl sites for hydroxylation is 1. The summed E-state index contributed by atoms with van der Waals surface area (Å²) in [5, 5.41) is 2.87. The fraction of sp³-hybridized carbons (Fsp3) is 0.400. The summed E-state index contributed by atoms with van der Waals surface area (Å²) in [5.74, 6) is -0.342. The highest BCUT2D eigenvalue weighted by Gasteiger charge is 2.29. The molecular weight excluding hydrogens is 351 g/mol. The largest absolute Gasteiger partial charge is 0.338 e. The van der Waals surface area contributed by atoms with Crippen LogP contribution in [-0.4, -0.2) is 29.8 Å². The normalized spacial score (nSPS) is 19.3. The summed E-state index contributed by atoms with van der Waals surface area (Å²) in [4.78, 5) is 29.1. The zero-order valence-corrected chi connectivity index (χ0v) is 15.3. The second-order valence-corrected chi connectivity index (χ2v) is 8.13. The van der Waals surface area contributed by atoms with E-state index in [4.69, 9.17) is 0 Å². The molecule has 4 rings (SSSR count). The van der Waals surface area contributed by atoms with Crippen molar-refractivity contribution in [1.29, 1.82) is 0 Å². The fourth-order valence-corrected chi connectivity index (χ4v) is 4.88. The van der Waals surface area contributed by atoms with E-state index in [-0.39, 0.29) is 23.5 Å². The van der Waals surface area contributed by atoms with Gasteiger partial charge in [0.15, 0.2) is 0 Å². The second kappa shape index (κ2) is 7.19. The van der Waals surface area contributed by atoms with E-state index in [0.717, 1.165) is 49.2 Å². The summed E-state index contributed by atoms with van der Waals surface area (Å²) in [6, 6.07) is 7.79. The van der Waals surface area contributed by atoms with Gasteiger partial charge in [-0.3, -0.25) is 9.59 Å². The topological polar surface area (TPSA) is 49.4 Å². The number of halogens is 1. The van der Waals surface area contributed by atoms with Gasteiger partial charge in [-0.15, -0.1) is 11.3 Å². The molecule has 1 atom stereocenters. The number of anilines is 1. The average Bonchev–Trinajstić information content (AvgIpc) is 3.32. The van der Waals surface area contributed by atoms with E-state index in [1.807, 2.05) is 11.0 Å². The monoisotopic (exact) mass is 372 g/mol. The van der Waals surface area contributed by atoms with Gasteiger partial charge in [0.05, 0.1) is 4.88 Å². The van der Waals surface area contributed by atoms with Gasteiger partial charge < -0.3 is 10.2 Å². The smallest absolute Gasteiger partial charge is 0.263 e. The molecule has 1 aromatic carbocycles. The lowest BCUT2D eigenvalue weighted by Gasteiger charge is -2.21. The van der Waals surface area contributed by atoms with Gasteiger partial charge >= 0.3 is 0 Å². The number of rotatable bonds is 3. The molecule has 0 saturated carbocycles. The van der Waals surface area contributed by atoms with Crippen LogP contribution in [0.4, 0.5) is 10.1 Å². The SMILES string of the molecule is O=C(Nc1ccc(F)cc1)[C@@H]1CCc2sc(C(=O)N3CCCC3)cc2C1. The van der Waals surface area contributed by atoms with Crippen molar-refractivity contribution in [2.45, 2.75) is 32.1 Å². The molecule has 136 valence electrons. The first-order chi connectivity index (χ1) is 12.6. The van der Waals surface area contributed by atoms with Crippen LogP contribution in [0, 0.1) is 11.7 Å². The van der Waals surface area contributed by atoms with Crippen LogP contribution in [0.25, 0.3) is 0 Å². The number of carbonyl (C=O) groups is 2. The number of carbonyl (C=O) groups excluding carboxylic acids is 2. The van der Waals surface area contributed by atoms with Gasteiger partial charge in [-0.05, 0) is 68.0 Å². The van der Waals surface area contributed by atoms with Crippen LogP contribution < -0.4 is 5.32 Å². The summed E-state index contributed by atoms with van der Waals surface area (Å²) in [7, 11) is 0. The number of nitrogens with zero attached hydrogens (tertiary/aromatic N) is 1. The third kappa shape index (κ3) is 3.51. The Bertz CT molecular complexity index is 825. The van der Waals surface area contributed by atoms with Crippen molar-refractivity contribution in [3.05, 3.63) is 51.5 Å². The molecule has 2 aliphatic rings. The molecule has 4 nitrogen and oxygen atoms in total. The summed E-state index contributed by atoms with van der Waals surface area (Å²) in [6.45, 7) is 1.70. The molecule has 2 heterocycles. The maximum Gasteiger partial charge on any atom is 0.263 e. The Morgan fingerprint density at radius 2 is 1.88 bits per heavy atom. The summed E-state index contributed by atoms with van der Waals surface area (Å²) < 4.78 is 13.0. The van der Waals surface area contributed by atoms with Crippen molar-refractivity contribution in [3.8, 4) is 0 Å². The quantitative estimate of drug-likeness (QED) is 0.889. The number of fused-ring (bicyclic) bond motifs is 1. The number of nitrogens with one attached hydrogen (secondary N) is 1. The molecule has 1 N–H and O–H groups in total. The third-order valence-corrected chi connectivity index (χ3v) is 6.39. The van der Waals surface area contributed by atoms with E-state index >= 15 is 0 Å². The molecule has 26 heavy (non-hydrogen) atoms. The Labute approximate surface area is 156 Å². The molecule has 1 aliphatic carbocycles. The molecule has 0 unspecified atom stereocenters. The average molecular weight is 372 g/mol. The Hall–Kier alpha value is -2.21. The molecule has 1 fully saturated rings. The van der Waals surface area contributed by atoms with Crippen molar-refractivity contribution in [2.24, 2.45) is 5.92 Å². The van der Waals surface area contributed by atoms with Crippen molar-refractivity contribution < 1.29 is 14.0 Å². The first kappa shape index (κ1) is 17.2. The van der Waals surface area contributed by atoms with Crippen LogP contribution in [-0.2, 0) is 17.6 Å². The number of hydrogen-bond donors (Lipinski definition) is 1. The summed E-state index contributed by atoms with van der Waals surface area (Å²) >= 11 is 1.59. The Morgan fingerprint density at radius 1 is 1.15 bits per heavy atom. The van der Waals surface area contributed by atoms with E-state index in [1.54, 1.807) is 23.5 Å². The van der Waals surface area contributed by atoms with Crippen molar-refractivity contribution in [2.75, 3.05) is 18.4 Å². The molecule has 0 radical (unpaired) electrons. The molecular formula is C20H21FN2O2S. The lowest BCUT2D eigenvalue weighted by Crippen LogP contribution is -2.27. The van der Waals surface area contributed by atoms with Crippen LogP contribution >= 0.6 is 11.3 Å². The van der Waals surface area contributed by atoms with Crippen LogP contribution in [0.1, 0.15) is 39.4 Å². The summed E-state index contributed by atoms with van der Waals surface area (Å²) in [5.41, 5.74) is 1.74. The highest BCUT2D eigenvalue weighted by atomic mass is 32.1. The molecule has 1 saturated heterocycles. The standard InChI is InChI=1S/C20H21FN2O2S/c21-15-4-6-16(7-5-15)22-19(24)13-3-8-17-14(11-13)12-18(26-17)20(25)23-9-1-2-10-23/h4-7,12-13H,1-3,8-11H2,(H,22,24)/t13-/m1/s1. The number of thiophene rings is 1. The minimum Gasteiger partial charge on any atom is -0.338 e. The first-order valence-electron chi connectivity index (χ1n) is 9.07.